The van der Waals surface area contributed by atoms with E-state index in [0.717, 1.165) is 38.7 Å². The Morgan fingerprint density at radius 3 is 2.79 bits per heavy atom. The van der Waals surface area contributed by atoms with E-state index in [1.165, 1.54) is 10.9 Å². The molecule has 4 heteroatoms. The average molecular weight is 332 g/mol. The van der Waals surface area contributed by atoms with Crippen molar-refractivity contribution in [2.45, 2.75) is 44.9 Å². The number of rotatable bonds is 7. The summed E-state index contributed by atoms with van der Waals surface area (Å²) >= 11 is 3.72. The van der Waals surface area contributed by atoms with Gasteiger partial charge in [0.15, 0.2) is 0 Å². The summed E-state index contributed by atoms with van der Waals surface area (Å²) in [4.78, 5) is 13.8. The van der Waals surface area contributed by atoms with Gasteiger partial charge in [-0.05, 0) is 36.6 Å². The highest BCUT2D eigenvalue weighted by Gasteiger charge is 2.36. The van der Waals surface area contributed by atoms with Gasteiger partial charge < -0.3 is 9.64 Å². The van der Waals surface area contributed by atoms with Crippen LogP contribution in [0.5, 0.6) is 0 Å². The lowest BCUT2D eigenvalue weighted by molar-refractivity contribution is -0.130. The monoisotopic (exact) mass is 331 g/mol. The van der Waals surface area contributed by atoms with Gasteiger partial charge >= 0.3 is 0 Å². The van der Waals surface area contributed by atoms with Gasteiger partial charge in [-0.3, -0.25) is 4.79 Å². The summed E-state index contributed by atoms with van der Waals surface area (Å²) in [5.74, 6) is 0.221. The fourth-order valence-corrected chi connectivity index (χ4v) is 3.43. The Labute approximate surface area is 125 Å². The minimum atomic E-state index is 0.0212. The third kappa shape index (κ3) is 4.92. The van der Waals surface area contributed by atoms with E-state index in [1.807, 2.05) is 14.1 Å². The molecule has 1 atom stereocenters. The van der Waals surface area contributed by atoms with Crippen LogP contribution in [0.15, 0.2) is 10.6 Å². The fraction of sp³-hybridized carbons (Fsp3) is 0.800. The zero-order chi connectivity index (χ0) is 14.3. The maximum Gasteiger partial charge on any atom is 0.222 e. The van der Waals surface area contributed by atoms with Crippen LogP contribution in [-0.2, 0) is 9.53 Å². The number of amides is 1. The Morgan fingerprint density at radius 1 is 1.47 bits per heavy atom. The SMILES string of the molecule is COCCCC[C@@]1(CC(=O)N(C)C)CCCC=C1Br. The van der Waals surface area contributed by atoms with Crippen LogP contribution in [0.3, 0.4) is 0 Å². The Morgan fingerprint density at radius 2 is 2.21 bits per heavy atom. The molecule has 0 fully saturated rings. The number of hydrogen-bond acceptors (Lipinski definition) is 2. The summed E-state index contributed by atoms with van der Waals surface area (Å²) in [7, 11) is 5.41. The number of halogens is 1. The highest BCUT2D eigenvalue weighted by atomic mass is 79.9. The number of allylic oxidation sites excluding steroid dienone is 2. The highest BCUT2D eigenvalue weighted by Crippen LogP contribution is 2.47. The molecule has 0 bridgehead atoms. The van der Waals surface area contributed by atoms with Crippen LogP contribution < -0.4 is 0 Å². The first-order valence-corrected chi connectivity index (χ1v) is 7.86. The molecule has 0 unspecified atom stereocenters. The van der Waals surface area contributed by atoms with Crippen molar-refractivity contribution in [2.75, 3.05) is 27.8 Å². The number of carbonyl (C=O) groups excluding carboxylic acids is 1. The molecule has 19 heavy (non-hydrogen) atoms. The fourth-order valence-electron chi connectivity index (χ4n) is 2.67. The van der Waals surface area contributed by atoms with Crippen molar-refractivity contribution in [3.8, 4) is 0 Å². The molecule has 0 aliphatic heterocycles. The number of carbonyl (C=O) groups is 1. The summed E-state index contributed by atoms with van der Waals surface area (Å²) in [5, 5.41) is 0. The standard InChI is InChI=1S/C15H26BrNO2/c1-17(2)14(18)12-15(10-6-7-11-19-3)9-5-4-8-13(15)16/h8H,4-7,9-12H2,1-3H3/t15-/m1/s1. The van der Waals surface area contributed by atoms with Crippen molar-refractivity contribution < 1.29 is 9.53 Å². The van der Waals surface area contributed by atoms with Gasteiger partial charge in [-0.1, -0.05) is 28.4 Å². The summed E-state index contributed by atoms with van der Waals surface area (Å²) in [6.45, 7) is 0.805. The second-order valence-electron chi connectivity index (χ2n) is 5.64. The summed E-state index contributed by atoms with van der Waals surface area (Å²) in [5.41, 5.74) is 0.0212. The molecule has 0 aromatic carbocycles. The van der Waals surface area contributed by atoms with E-state index in [-0.39, 0.29) is 11.3 Å². The maximum absolute atomic E-state index is 12.1. The molecule has 0 aromatic heterocycles. The molecule has 1 aliphatic rings. The molecule has 0 spiro atoms. The maximum atomic E-state index is 12.1. The molecule has 0 N–H and O–H groups in total. The number of nitrogens with zero attached hydrogens (tertiary/aromatic N) is 1. The third-order valence-corrected chi connectivity index (χ3v) is 5.10. The predicted molar refractivity (Wildman–Crippen MR) is 82.3 cm³/mol. The lowest BCUT2D eigenvalue weighted by atomic mass is 9.72. The summed E-state index contributed by atoms with van der Waals surface area (Å²) in [6.07, 6.45) is 9.51. The summed E-state index contributed by atoms with van der Waals surface area (Å²) in [6, 6.07) is 0. The molecule has 0 aromatic rings. The van der Waals surface area contributed by atoms with Gasteiger partial charge in [0.25, 0.3) is 0 Å². The zero-order valence-electron chi connectivity index (χ0n) is 12.4. The Hall–Kier alpha value is -0.350. The van der Waals surface area contributed by atoms with Crippen LogP contribution in [0, 0.1) is 5.41 Å². The zero-order valence-corrected chi connectivity index (χ0v) is 14.0. The molecule has 1 rings (SSSR count). The van der Waals surface area contributed by atoms with Gasteiger partial charge in [0, 0.05) is 39.6 Å². The van der Waals surface area contributed by atoms with E-state index >= 15 is 0 Å². The van der Waals surface area contributed by atoms with E-state index < -0.39 is 0 Å². The van der Waals surface area contributed by atoms with Crippen molar-refractivity contribution >= 4 is 21.8 Å². The molecule has 0 saturated carbocycles. The van der Waals surface area contributed by atoms with Gasteiger partial charge in [0.2, 0.25) is 5.91 Å². The van der Waals surface area contributed by atoms with Crippen LogP contribution >= 0.6 is 15.9 Å². The lowest BCUT2D eigenvalue weighted by Crippen LogP contribution is -2.33. The van der Waals surface area contributed by atoms with Crippen LogP contribution in [-0.4, -0.2) is 38.6 Å². The van der Waals surface area contributed by atoms with Crippen molar-refractivity contribution in [3.05, 3.63) is 10.6 Å². The first-order chi connectivity index (χ1) is 9.02. The molecule has 1 aliphatic carbocycles. The molecular weight excluding hydrogens is 306 g/mol. The predicted octanol–water partition coefficient (Wildman–Crippen LogP) is 3.73. The van der Waals surface area contributed by atoms with Crippen molar-refractivity contribution in [1.82, 2.24) is 4.90 Å². The number of hydrogen-bond donors (Lipinski definition) is 0. The van der Waals surface area contributed by atoms with E-state index in [2.05, 4.69) is 22.0 Å². The lowest BCUT2D eigenvalue weighted by Gasteiger charge is -2.37. The van der Waals surface area contributed by atoms with E-state index in [1.54, 1.807) is 12.0 Å². The molecule has 1 amide bonds. The first-order valence-electron chi connectivity index (χ1n) is 7.07. The minimum Gasteiger partial charge on any atom is -0.385 e. The van der Waals surface area contributed by atoms with Crippen molar-refractivity contribution in [2.24, 2.45) is 5.41 Å². The van der Waals surface area contributed by atoms with Gasteiger partial charge in [-0.2, -0.15) is 0 Å². The first kappa shape index (κ1) is 16.7. The Bertz CT molecular complexity index is 328. The Balaban J connectivity index is 2.70. The Kier molecular flexibility index (Phi) is 7.08. The highest BCUT2D eigenvalue weighted by molar-refractivity contribution is 9.11. The summed E-state index contributed by atoms with van der Waals surface area (Å²) < 4.78 is 6.34. The van der Waals surface area contributed by atoms with Crippen LogP contribution in [0.25, 0.3) is 0 Å². The largest absolute Gasteiger partial charge is 0.385 e. The third-order valence-electron chi connectivity index (χ3n) is 3.93. The van der Waals surface area contributed by atoms with Crippen LogP contribution in [0.1, 0.15) is 44.9 Å². The van der Waals surface area contributed by atoms with Gasteiger partial charge in [0.1, 0.15) is 0 Å². The molecule has 0 heterocycles. The van der Waals surface area contributed by atoms with Gasteiger partial charge in [-0.15, -0.1) is 0 Å². The number of ether oxygens (including phenoxy) is 1. The molecule has 0 saturated heterocycles. The van der Waals surface area contributed by atoms with Crippen LogP contribution in [0.4, 0.5) is 0 Å². The molecule has 0 radical (unpaired) electrons. The normalized spacial score (nSPS) is 23.1. The smallest absolute Gasteiger partial charge is 0.222 e. The number of methoxy groups -OCH3 is 1. The average Bonchev–Trinajstić information content (AvgIpc) is 2.38. The van der Waals surface area contributed by atoms with Gasteiger partial charge in [0.05, 0.1) is 0 Å². The molecule has 3 nitrogen and oxygen atoms in total. The number of unbranched alkanes of at least 4 members (excludes halogenated alkanes) is 1. The second-order valence-corrected chi connectivity index (χ2v) is 6.49. The van der Waals surface area contributed by atoms with Gasteiger partial charge in [-0.25, -0.2) is 0 Å². The van der Waals surface area contributed by atoms with Crippen molar-refractivity contribution in [1.29, 1.82) is 0 Å². The minimum absolute atomic E-state index is 0.0212. The molecule has 110 valence electrons. The second kappa shape index (κ2) is 8.05. The van der Waals surface area contributed by atoms with Crippen molar-refractivity contribution in [3.63, 3.8) is 0 Å². The van der Waals surface area contributed by atoms with E-state index in [4.69, 9.17) is 4.74 Å². The van der Waals surface area contributed by atoms with Crippen LogP contribution in [0.2, 0.25) is 0 Å². The topological polar surface area (TPSA) is 29.5 Å². The quantitative estimate of drug-likeness (QED) is 0.665. The molecular formula is C15H26BrNO2. The van der Waals surface area contributed by atoms with E-state index in [9.17, 15) is 4.79 Å². The van der Waals surface area contributed by atoms with E-state index in [0.29, 0.717) is 6.42 Å².